The minimum Gasteiger partial charge on any atom is -0.392 e. The van der Waals surface area contributed by atoms with Crippen molar-refractivity contribution in [1.82, 2.24) is 0 Å². The Morgan fingerprint density at radius 2 is 1.29 bits per heavy atom. The van der Waals surface area contributed by atoms with Gasteiger partial charge in [0.25, 0.3) is 0 Å². The van der Waals surface area contributed by atoms with E-state index in [1.54, 1.807) is 6.92 Å². The first-order valence-corrected chi connectivity index (χ1v) is 5.10. The Labute approximate surface area is 84.2 Å². The minimum absolute atomic E-state index is 0.0737. The monoisotopic (exact) mass is 204 g/mol. The van der Waals surface area contributed by atoms with Gasteiger partial charge in [0.1, 0.15) is 6.10 Å². The lowest BCUT2D eigenvalue weighted by atomic mass is 9.70. The molecule has 6 unspecified atom stereocenters. The van der Waals surface area contributed by atoms with Crippen LogP contribution in [0.15, 0.2) is 0 Å². The summed E-state index contributed by atoms with van der Waals surface area (Å²) in [5, 5.41) is 38.6. The van der Waals surface area contributed by atoms with Crippen LogP contribution in [0.1, 0.15) is 20.8 Å². The molecular formula is C10H20O4. The zero-order chi connectivity index (χ0) is 11.0. The van der Waals surface area contributed by atoms with Gasteiger partial charge >= 0.3 is 0 Å². The van der Waals surface area contributed by atoms with Crippen LogP contribution in [0.25, 0.3) is 0 Å². The van der Waals surface area contributed by atoms with Gasteiger partial charge < -0.3 is 20.4 Å². The van der Waals surface area contributed by atoms with Crippen LogP contribution in [-0.4, -0.2) is 44.8 Å². The molecule has 0 radical (unpaired) electrons. The highest BCUT2D eigenvalue weighted by Crippen LogP contribution is 2.34. The Bertz CT molecular complexity index is 179. The first kappa shape index (κ1) is 11.9. The largest absolute Gasteiger partial charge is 0.392 e. The molecule has 1 saturated carbocycles. The molecule has 1 aliphatic carbocycles. The SMILES string of the molecule is CC(C)C1C(O)C(C)C(O)C(O)C1O. The van der Waals surface area contributed by atoms with Crippen LogP contribution >= 0.6 is 0 Å². The fraction of sp³-hybridized carbons (Fsp3) is 1.00. The molecule has 0 aromatic carbocycles. The molecule has 84 valence electrons. The Hall–Kier alpha value is -0.160. The summed E-state index contributed by atoms with van der Waals surface area (Å²) in [6.45, 7) is 5.45. The van der Waals surface area contributed by atoms with Gasteiger partial charge in [0.2, 0.25) is 0 Å². The molecule has 0 spiro atoms. The number of hydrogen-bond donors (Lipinski definition) is 4. The van der Waals surface area contributed by atoms with E-state index >= 15 is 0 Å². The van der Waals surface area contributed by atoms with Crippen LogP contribution in [0.5, 0.6) is 0 Å². The second kappa shape index (κ2) is 4.14. The van der Waals surface area contributed by atoms with Gasteiger partial charge in [-0.05, 0) is 5.92 Å². The van der Waals surface area contributed by atoms with Crippen LogP contribution in [0, 0.1) is 17.8 Å². The van der Waals surface area contributed by atoms with Crippen LogP contribution < -0.4 is 0 Å². The lowest BCUT2D eigenvalue weighted by molar-refractivity contribution is -0.185. The zero-order valence-electron chi connectivity index (χ0n) is 8.83. The van der Waals surface area contributed by atoms with Gasteiger partial charge in [-0.2, -0.15) is 0 Å². The van der Waals surface area contributed by atoms with Crippen molar-refractivity contribution >= 4 is 0 Å². The highest BCUT2D eigenvalue weighted by Gasteiger charge is 2.47. The molecule has 0 aliphatic heterocycles. The molecule has 0 bridgehead atoms. The van der Waals surface area contributed by atoms with Crippen molar-refractivity contribution in [2.45, 2.75) is 45.2 Å². The van der Waals surface area contributed by atoms with E-state index in [2.05, 4.69) is 0 Å². The first-order chi connectivity index (χ1) is 6.37. The van der Waals surface area contributed by atoms with E-state index in [0.29, 0.717) is 0 Å². The van der Waals surface area contributed by atoms with Gasteiger partial charge in [0.05, 0.1) is 18.3 Å². The Morgan fingerprint density at radius 3 is 1.71 bits per heavy atom. The minimum atomic E-state index is -1.15. The summed E-state index contributed by atoms with van der Waals surface area (Å²) in [6, 6.07) is 0. The highest BCUT2D eigenvalue weighted by atomic mass is 16.4. The standard InChI is InChI=1S/C10H20O4/c1-4(2)6-7(11)5(3)8(12)10(14)9(6)13/h4-14H,1-3H3. The Balaban J connectivity index is 2.86. The average Bonchev–Trinajstić information content (AvgIpc) is 2.11. The molecule has 1 rings (SSSR count). The lowest BCUT2D eigenvalue weighted by Gasteiger charge is -2.44. The third-order valence-corrected chi connectivity index (χ3v) is 3.34. The van der Waals surface area contributed by atoms with Crippen LogP contribution in [0.4, 0.5) is 0 Å². The van der Waals surface area contributed by atoms with Gasteiger partial charge in [-0.3, -0.25) is 0 Å². The molecule has 4 N–H and O–H groups in total. The van der Waals surface area contributed by atoms with Gasteiger partial charge in [-0.25, -0.2) is 0 Å². The fourth-order valence-electron chi connectivity index (χ4n) is 2.28. The van der Waals surface area contributed by atoms with Gasteiger partial charge in [-0.1, -0.05) is 20.8 Å². The van der Waals surface area contributed by atoms with Crippen molar-refractivity contribution < 1.29 is 20.4 Å². The summed E-state index contributed by atoms with van der Waals surface area (Å²) >= 11 is 0. The van der Waals surface area contributed by atoms with Crippen molar-refractivity contribution in [3.63, 3.8) is 0 Å². The van der Waals surface area contributed by atoms with Gasteiger partial charge in [0, 0.05) is 11.8 Å². The first-order valence-electron chi connectivity index (χ1n) is 5.10. The third-order valence-electron chi connectivity index (χ3n) is 3.34. The van der Waals surface area contributed by atoms with E-state index in [1.165, 1.54) is 0 Å². The molecule has 0 saturated heterocycles. The molecule has 14 heavy (non-hydrogen) atoms. The summed E-state index contributed by atoms with van der Waals surface area (Å²) in [6.07, 6.45) is -4.00. The third kappa shape index (κ3) is 1.80. The molecule has 0 amide bonds. The summed E-state index contributed by atoms with van der Waals surface area (Å²) in [4.78, 5) is 0. The molecule has 0 aromatic heterocycles. The topological polar surface area (TPSA) is 80.9 Å². The van der Waals surface area contributed by atoms with Crippen molar-refractivity contribution in [3.05, 3.63) is 0 Å². The van der Waals surface area contributed by atoms with Crippen molar-refractivity contribution in [2.24, 2.45) is 17.8 Å². The number of hydrogen-bond acceptors (Lipinski definition) is 4. The fourth-order valence-corrected chi connectivity index (χ4v) is 2.28. The zero-order valence-corrected chi connectivity index (χ0v) is 8.83. The van der Waals surface area contributed by atoms with Gasteiger partial charge in [0.15, 0.2) is 0 Å². The van der Waals surface area contributed by atoms with E-state index in [4.69, 9.17) is 0 Å². The summed E-state index contributed by atoms with van der Waals surface area (Å²) in [5.41, 5.74) is 0. The predicted octanol–water partition coefficient (Wildman–Crippen LogP) is -0.648. The number of aliphatic hydroxyl groups is 4. The second-order valence-electron chi connectivity index (χ2n) is 4.64. The summed E-state index contributed by atoms with van der Waals surface area (Å²) in [7, 11) is 0. The van der Waals surface area contributed by atoms with Crippen molar-refractivity contribution in [2.75, 3.05) is 0 Å². The van der Waals surface area contributed by atoms with Crippen LogP contribution in [-0.2, 0) is 0 Å². The van der Waals surface area contributed by atoms with E-state index in [1.807, 2.05) is 13.8 Å². The van der Waals surface area contributed by atoms with E-state index in [0.717, 1.165) is 0 Å². The van der Waals surface area contributed by atoms with Crippen molar-refractivity contribution in [3.8, 4) is 0 Å². The molecule has 1 aliphatic rings. The molecule has 4 nitrogen and oxygen atoms in total. The molecule has 0 aromatic rings. The molecular weight excluding hydrogens is 184 g/mol. The molecule has 1 fully saturated rings. The lowest BCUT2D eigenvalue weighted by Crippen LogP contribution is -2.58. The van der Waals surface area contributed by atoms with Crippen LogP contribution in [0.3, 0.4) is 0 Å². The average molecular weight is 204 g/mol. The van der Waals surface area contributed by atoms with Gasteiger partial charge in [-0.15, -0.1) is 0 Å². The van der Waals surface area contributed by atoms with E-state index in [-0.39, 0.29) is 11.8 Å². The molecule has 6 atom stereocenters. The normalized spacial score (nSPS) is 49.7. The molecule has 0 heterocycles. The highest BCUT2D eigenvalue weighted by molar-refractivity contribution is 4.97. The maximum Gasteiger partial charge on any atom is 0.106 e. The summed E-state index contributed by atoms with van der Waals surface area (Å²) in [5.74, 6) is -0.700. The van der Waals surface area contributed by atoms with Crippen LogP contribution in [0.2, 0.25) is 0 Å². The van der Waals surface area contributed by atoms with E-state index in [9.17, 15) is 20.4 Å². The Kier molecular flexibility index (Phi) is 3.53. The quantitative estimate of drug-likeness (QED) is 0.457. The number of rotatable bonds is 1. The summed E-state index contributed by atoms with van der Waals surface area (Å²) < 4.78 is 0. The predicted molar refractivity (Wildman–Crippen MR) is 51.5 cm³/mol. The van der Waals surface area contributed by atoms with E-state index < -0.39 is 30.3 Å². The van der Waals surface area contributed by atoms with Crippen molar-refractivity contribution in [1.29, 1.82) is 0 Å². The Morgan fingerprint density at radius 1 is 0.786 bits per heavy atom. The second-order valence-corrected chi connectivity index (χ2v) is 4.64. The maximum absolute atomic E-state index is 9.84. The molecule has 4 heteroatoms. The number of aliphatic hydroxyl groups excluding tert-OH is 4. The smallest absolute Gasteiger partial charge is 0.106 e. The maximum atomic E-state index is 9.84.